The average Bonchev–Trinajstić information content (AvgIpc) is 1.97. The van der Waals surface area contributed by atoms with Gasteiger partial charge in [-0.25, -0.2) is 0 Å². The number of carbonyl (C=O) groups is 1. The van der Waals surface area contributed by atoms with Gasteiger partial charge in [0.05, 0.1) is 0 Å². The Hall–Kier alpha value is -0.590. The summed E-state index contributed by atoms with van der Waals surface area (Å²) in [5.41, 5.74) is 0.379. The topological polar surface area (TPSA) is 17.1 Å². The smallest absolute Gasteiger partial charge is 0.120 e. The highest BCUT2D eigenvalue weighted by atomic mass is 16.1. The van der Waals surface area contributed by atoms with Crippen molar-refractivity contribution in [2.75, 3.05) is 0 Å². The highest BCUT2D eigenvalue weighted by Crippen LogP contribution is 2.19. The zero-order valence-electron chi connectivity index (χ0n) is 9.34. The Morgan fingerprint density at radius 1 is 1.15 bits per heavy atom. The number of hydrogen-bond donors (Lipinski definition) is 0. The fourth-order valence-electron chi connectivity index (χ4n) is 1.03. The van der Waals surface area contributed by atoms with E-state index in [0.29, 0.717) is 17.8 Å². The molecule has 0 saturated heterocycles. The van der Waals surface area contributed by atoms with Crippen molar-refractivity contribution >= 4 is 6.29 Å². The Balaban J connectivity index is 3.57. The van der Waals surface area contributed by atoms with Crippen LogP contribution in [0.15, 0.2) is 12.2 Å². The van der Waals surface area contributed by atoms with Gasteiger partial charge in [-0.2, -0.15) is 0 Å². The first kappa shape index (κ1) is 12.4. The average molecular weight is 182 g/mol. The molecule has 0 amide bonds. The Kier molecular flexibility index (Phi) is 5.68. The molecule has 0 aliphatic rings. The molecule has 0 rings (SSSR count). The van der Waals surface area contributed by atoms with Gasteiger partial charge in [-0.3, -0.25) is 0 Å². The van der Waals surface area contributed by atoms with E-state index in [1.165, 1.54) is 0 Å². The maximum atomic E-state index is 10.2. The Bertz CT molecular complexity index is 162. The van der Waals surface area contributed by atoms with E-state index < -0.39 is 0 Å². The van der Waals surface area contributed by atoms with E-state index in [2.05, 4.69) is 39.8 Å². The van der Waals surface area contributed by atoms with Gasteiger partial charge in [0.25, 0.3) is 0 Å². The summed E-state index contributed by atoms with van der Waals surface area (Å²) >= 11 is 0. The lowest BCUT2D eigenvalue weighted by molar-refractivity contribution is -0.108. The molecule has 0 heterocycles. The summed E-state index contributed by atoms with van der Waals surface area (Å²) in [4.78, 5) is 10.2. The lowest BCUT2D eigenvalue weighted by Gasteiger charge is -2.14. The highest BCUT2D eigenvalue weighted by molar-refractivity contribution is 5.49. The predicted octanol–water partition coefficient (Wildman–Crippen LogP) is 3.59. The molecule has 0 fully saturated rings. The van der Waals surface area contributed by atoms with E-state index in [1.807, 2.05) is 0 Å². The Morgan fingerprint density at radius 2 is 1.77 bits per heavy atom. The molecule has 0 N–H and O–H groups in total. The molecule has 76 valence electrons. The van der Waals surface area contributed by atoms with Gasteiger partial charge in [0, 0.05) is 6.42 Å². The van der Waals surface area contributed by atoms with E-state index in [0.717, 1.165) is 19.1 Å². The van der Waals surface area contributed by atoms with Crippen LogP contribution in [0.2, 0.25) is 0 Å². The first-order valence-electron chi connectivity index (χ1n) is 5.04. The fourth-order valence-corrected chi connectivity index (χ4v) is 1.03. The maximum Gasteiger partial charge on any atom is 0.120 e. The predicted molar refractivity (Wildman–Crippen MR) is 57.7 cm³/mol. The second kappa shape index (κ2) is 5.95. The monoisotopic (exact) mass is 182 g/mol. The zero-order chi connectivity index (χ0) is 10.3. The molecule has 0 aliphatic heterocycles. The number of hydrogen-bond acceptors (Lipinski definition) is 1. The van der Waals surface area contributed by atoms with Crippen LogP contribution in [-0.2, 0) is 4.79 Å². The van der Waals surface area contributed by atoms with Crippen LogP contribution in [0.4, 0.5) is 0 Å². The van der Waals surface area contributed by atoms with Crippen molar-refractivity contribution in [3.05, 3.63) is 12.2 Å². The number of aldehydes is 1. The molecular weight excluding hydrogens is 160 g/mol. The molecule has 0 spiro atoms. The second-order valence-corrected chi connectivity index (χ2v) is 4.98. The van der Waals surface area contributed by atoms with Gasteiger partial charge in [-0.1, -0.05) is 39.8 Å². The van der Waals surface area contributed by atoms with E-state index in [-0.39, 0.29) is 0 Å². The van der Waals surface area contributed by atoms with Crippen molar-refractivity contribution < 1.29 is 4.79 Å². The summed E-state index contributed by atoms with van der Waals surface area (Å²) in [6.07, 6.45) is 8.23. The minimum absolute atomic E-state index is 0.379. The molecule has 0 aromatic carbocycles. The van der Waals surface area contributed by atoms with Gasteiger partial charge in [0.2, 0.25) is 0 Å². The quantitative estimate of drug-likeness (QED) is 0.469. The molecule has 1 atom stereocenters. The van der Waals surface area contributed by atoms with Crippen molar-refractivity contribution in [1.29, 1.82) is 0 Å². The van der Waals surface area contributed by atoms with Crippen LogP contribution in [0.1, 0.15) is 47.0 Å². The summed E-state index contributed by atoms with van der Waals surface area (Å²) in [6.45, 7) is 8.79. The van der Waals surface area contributed by atoms with Crippen molar-refractivity contribution in [2.45, 2.75) is 47.0 Å². The molecule has 0 aliphatic carbocycles. The normalized spacial score (nSPS) is 14.8. The SMILES string of the molecule is CC(CC=O)CC=CCC(C)(C)C. The number of carbonyl (C=O) groups excluding carboxylic acids is 1. The molecule has 0 saturated carbocycles. The van der Waals surface area contributed by atoms with Crippen molar-refractivity contribution in [1.82, 2.24) is 0 Å². The van der Waals surface area contributed by atoms with Crippen LogP contribution in [0.25, 0.3) is 0 Å². The molecule has 1 nitrogen and oxygen atoms in total. The molecular formula is C12H22O. The molecule has 0 radical (unpaired) electrons. The molecule has 1 heteroatoms. The third-order valence-electron chi connectivity index (χ3n) is 1.93. The Morgan fingerprint density at radius 3 is 2.23 bits per heavy atom. The van der Waals surface area contributed by atoms with Crippen LogP contribution in [0, 0.1) is 11.3 Å². The summed E-state index contributed by atoms with van der Waals surface area (Å²) in [6, 6.07) is 0. The van der Waals surface area contributed by atoms with Crippen molar-refractivity contribution in [3.8, 4) is 0 Å². The first-order valence-corrected chi connectivity index (χ1v) is 5.04. The van der Waals surface area contributed by atoms with E-state index >= 15 is 0 Å². The van der Waals surface area contributed by atoms with Gasteiger partial charge >= 0.3 is 0 Å². The van der Waals surface area contributed by atoms with E-state index in [9.17, 15) is 4.79 Å². The van der Waals surface area contributed by atoms with Crippen LogP contribution < -0.4 is 0 Å². The molecule has 1 unspecified atom stereocenters. The largest absolute Gasteiger partial charge is 0.303 e. The molecule has 0 aromatic rings. The molecule has 13 heavy (non-hydrogen) atoms. The fraction of sp³-hybridized carbons (Fsp3) is 0.750. The minimum atomic E-state index is 0.379. The van der Waals surface area contributed by atoms with Gasteiger partial charge in [0.1, 0.15) is 6.29 Å². The lowest BCUT2D eigenvalue weighted by Crippen LogP contribution is -2.02. The summed E-state index contributed by atoms with van der Waals surface area (Å²) < 4.78 is 0. The van der Waals surface area contributed by atoms with Gasteiger partial charge < -0.3 is 4.79 Å². The number of allylic oxidation sites excluding steroid dienone is 2. The Labute approximate surface area is 82.2 Å². The first-order chi connectivity index (χ1) is 5.95. The molecule has 0 aromatic heterocycles. The standard InChI is InChI=1S/C12H22O/c1-11(8-10-13)7-5-6-9-12(2,3)4/h5-6,10-11H,7-9H2,1-4H3. The summed E-state index contributed by atoms with van der Waals surface area (Å²) in [5, 5.41) is 0. The van der Waals surface area contributed by atoms with Crippen LogP contribution in [0.5, 0.6) is 0 Å². The van der Waals surface area contributed by atoms with Crippen LogP contribution >= 0.6 is 0 Å². The summed E-state index contributed by atoms with van der Waals surface area (Å²) in [7, 11) is 0. The van der Waals surface area contributed by atoms with E-state index in [1.54, 1.807) is 0 Å². The minimum Gasteiger partial charge on any atom is -0.303 e. The maximum absolute atomic E-state index is 10.2. The van der Waals surface area contributed by atoms with Crippen molar-refractivity contribution in [2.24, 2.45) is 11.3 Å². The second-order valence-electron chi connectivity index (χ2n) is 4.98. The number of rotatable bonds is 5. The summed E-state index contributed by atoms with van der Waals surface area (Å²) in [5.74, 6) is 0.494. The van der Waals surface area contributed by atoms with Gasteiger partial charge in [-0.05, 0) is 24.2 Å². The van der Waals surface area contributed by atoms with Crippen LogP contribution in [0.3, 0.4) is 0 Å². The highest BCUT2D eigenvalue weighted by Gasteiger charge is 2.06. The van der Waals surface area contributed by atoms with Gasteiger partial charge in [-0.15, -0.1) is 0 Å². The zero-order valence-corrected chi connectivity index (χ0v) is 9.34. The molecule has 0 bridgehead atoms. The van der Waals surface area contributed by atoms with Crippen molar-refractivity contribution in [3.63, 3.8) is 0 Å². The third kappa shape index (κ3) is 9.32. The lowest BCUT2D eigenvalue weighted by atomic mass is 9.92. The van der Waals surface area contributed by atoms with Crippen LogP contribution in [-0.4, -0.2) is 6.29 Å². The van der Waals surface area contributed by atoms with Gasteiger partial charge in [0.15, 0.2) is 0 Å². The van der Waals surface area contributed by atoms with E-state index in [4.69, 9.17) is 0 Å². The third-order valence-corrected chi connectivity index (χ3v) is 1.93.